The molecule has 2 aromatic rings. The maximum Gasteiger partial charge on any atom is 0.242 e. The van der Waals surface area contributed by atoms with Crippen molar-refractivity contribution in [2.45, 2.75) is 19.4 Å². The van der Waals surface area contributed by atoms with Crippen LogP contribution >= 0.6 is 0 Å². The number of rotatable bonds is 4. The van der Waals surface area contributed by atoms with Crippen molar-refractivity contribution in [3.63, 3.8) is 0 Å². The number of hydrogen-bond donors (Lipinski definition) is 1. The summed E-state index contributed by atoms with van der Waals surface area (Å²) in [6.07, 6.45) is 4.40. The van der Waals surface area contributed by atoms with E-state index in [2.05, 4.69) is 10.3 Å². The number of amides is 2. The molecule has 1 aromatic heterocycles. The van der Waals surface area contributed by atoms with Gasteiger partial charge in [0.25, 0.3) is 0 Å². The molecule has 1 fully saturated rings. The van der Waals surface area contributed by atoms with Crippen LogP contribution in [-0.2, 0) is 16.1 Å². The van der Waals surface area contributed by atoms with Crippen molar-refractivity contribution in [1.82, 2.24) is 14.5 Å². The summed E-state index contributed by atoms with van der Waals surface area (Å²) >= 11 is 0. The first kappa shape index (κ1) is 16.7. The van der Waals surface area contributed by atoms with Gasteiger partial charge in [0.2, 0.25) is 17.6 Å². The molecule has 128 valence electrons. The molecule has 2 heterocycles. The van der Waals surface area contributed by atoms with Gasteiger partial charge in [-0.1, -0.05) is 18.2 Å². The Balaban J connectivity index is 1.50. The van der Waals surface area contributed by atoms with Crippen molar-refractivity contribution in [2.75, 3.05) is 18.4 Å². The number of aromatic nitrogens is 2. The van der Waals surface area contributed by atoms with Gasteiger partial charge in [-0.25, -0.2) is 4.98 Å². The van der Waals surface area contributed by atoms with Crippen LogP contribution in [0.5, 0.6) is 0 Å². The Hall–Kier alpha value is -3.14. The number of nitrogens with zero attached hydrogens (tertiary/aromatic N) is 4. The Morgan fingerprint density at radius 3 is 2.64 bits per heavy atom. The van der Waals surface area contributed by atoms with Crippen LogP contribution in [0.1, 0.15) is 18.7 Å². The van der Waals surface area contributed by atoms with Gasteiger partial charge < -0.3 is 14.8 Å². The fourth-order valence-electron chi connectivity index (χ4n) is 2.95. The van der Waals surface area contributed by atoms with E-state index in [0.29, 0.717) is 25.9 Å². The lowest BCUT2D eigenvalue weighted by molar-refractivity contribution is -0.135. The molecule has 3 rings (SSSR count). The highest BCUT2D eigenvalue weighted by atomic mass is 16.2. The van der Waals surface area contributed by atoms with Gasteiger partial charge in [0, 0.05) is 37.1 Å². The van der Waals surface area contributed by atoms with E-state index < -0.39 is 0 Å². The van der Waals surface area contributed by atoms with E-state index in [1.165, 1.54) is 10.8 Å². The van der Waals surface area contributed by atoms with Crippen molar-refractivity contribution in [3.8, 4) is 6.07 Å². The number of benzene rings is 1. The maximum atomic E-state index is 12.4. The Labute approximate surface area is 145 Å². The quantitative estimate of drug-likeness (QED) is 0.918. The Morgan fingerprint density at radius 2 is 1.96 bits per heavy atom. The Bertz CT molecular complexity index is 785. The van der Waals surface area contributed by atoms with Crippen LogP contribution in [0.15, 0.2) is 42.7 Å². The Kier molecular flexibility index (Phi) is 5.09. The number of likely N-dealkylation sites (tertiary alicyclic amines) is 1. The number of para-hydroxylation sites is 1. The van der Waals surface area contributed by atoms with Gasteiger partial charge in [0.1, 0.15) is 12.6 Å². The molecule has 0 atom stereocenters. The zero-order valence-electron chi connectivity index (χ0n) is 13.8. The summed E-state index contributed by atoms with van der Waals surface area (Å²) < 4.78 is 1.54. The summed E-state index contributed by atoms with van der Waals surface area (Å²) in [7, 11) is 0. The van der Waals surface area contributed by atoms with Gasteiger partial charge in [0.15, 0.2) is 0 Å². The molecule has 0 saturated carbocycles. The van der Waals surface area contributed by atoms with Gasteiger partial charge in [0.05, 0.1) is 0 Å². The molecular formula is C18H19N5O2. The van der Waals surface area contributed by atoms with Gasteiger partial charge in [-0.15, -0.1) is 0 Å². The number of anilines is 1. The average molecular weight is 337 g/mol. The number of nitrogens with one attached hydrogen (secondary N) is 1. The van der Waals surface area contributed by atoms with Crippen molar-refractivity contribution < 1.29 is 9.59 Å². The first-order valence-electron chi connectivity index (χ1n) is 8.22. The monoisotopic (exact) mass is 337 g/mol. The predicted molar refractivity (Wildman–Crippen MR) is 91.3 cm³/mol. The molecule has 1 aliphatic rings. The molecule has 0 aliphatic carbocycles. The molecule has 1 N–H and O–H groups in total. The van der Waals surface area contributed by atoms with E-state index in [-0.39, 0.29) is 30.1 Å². The molecule has 7 nitrogen and oxygen atoms in total. The van der Waals surface area contributed by atoms with Gasteiger partial charge in [-0.2, -0.15) is 5.26 Å². The summed E-state index contributed by atoms with van der Waals surface area (Å²) in [5.41, 5.74) is 0.787. The van der Waals surface area contributed by atoms with Crippen molar-refractivity contribution in [2.24, 2.45) is 5.92 Å². The van der Waals surface area contributed by atoms with Crippen molar-refractivity contribution >= 4 is 17.5 Å². The zero-order valence-corrected chi connectivity index (χ0v) is 13.8. The lowest BCUT2D eigenvalue weighted by atomic mass is 9.95. The van der Waals surface area contributed by atoms with Gasteiger partial charge in [-0.05, 0) is 25.0 Å². The number of carbonyl (C=O) groups is 2. The molecule has 1 aliphatic heterocycles. The van der Waals surface area contributed by atoms with E-state index in [1.807, 2.05) is 36.4 Å². The predicted octanol–water partition coefficient (Wildman–Crippen LogP) is 1.63. The first-order chi connectivity index (χ1) is 12.2. The van der Waals surface area contributed by atoms with E-state index in [9.17, 15) is 9.59 Å². The highest BCUT2D eigenvalue weighted by Gasteiger charge is 2.27. The zero-order chi connectivity index (χ0) is 17.6. The molecule has 25 heavy (non-hydrogen) atoms. The SMILES string of the molecule is N#Cc1nccn1CC(=O)N1CCC(C(=O)Nc2ccccc2)CC1. The van der Waals surface area contributed by atoms with Crippen LogP contribution in [-0.4, -0.2) is 39.4 Å². The number of carbonyl (C=O) groups excluding carboxylic acids is 2. The third kappa shape index (κ3) is 4.04. The Morgan fingerprint density at radius 1 is 1.24 bits per heavy atom. The van der Waals surface area contributed by atoms with Crippen LogP contribution in [0.4, 0.5) is 5.69 Å². The van der Waals surface area contributed by atoms with Crippen LogP contribution in [0.3, 0.4) is 0 Å². The number of hydrogen-bond acceptors (Lipinski definition) is 4. The fraction of sp³-hybridized carbons (Fsp3) is 0.333. The van der Waals surface area contributed by atoms with Crippen molar-refractivity contribution in [3.05, 3.63) is 48.5 Å². The van der Waals surface area contributed by atoms with Crippen LogP contribution in [0.2, 0.25) is 0 Å². The molecule has 1 aromatic carbocycles. The third-order valence-electron chi connectivity index (χ3n) is 4.38. The van der Waals surface area contributed by atoms with Crippen LogP contribution < -0.4 is 5.32 Å². The van der Waals surface area contributed by atoms with E-state index in [1.54, 1.807) is 11.1 Å². The minimum Gasteiger partial charge on any atom is -0.341 e. The summed E-state index contributed by atoms with van der Waals surface area (Å²) in [6, 6.07) is 11.3. The lowest BCUT2D eigenvalue weighted by Crippen LogP contribution is -2.42. The number of piperidine rings is 1. The third-order valence-corrected chi connectivity index (χ3v) is 4.38. The number of nitriles is 1. The molecule has 0 spiro atoms. The summed E-state index contributed by atoms with van der Waals surface area (Å²) in [6.45, 7) is 1.19. The van der Waals surface area contributed by atoms with Gasteiger partial charge >= 0.3 is 0 Å². The first-order valence-corrected chi connectivity index (χ1v) is 8.22. The smallest absolute Gasteiger partial charge is 0.242 e. The summed E-state index contributed by atoms with van der Waals surface area (Å²) in [5, 5.41) is 11.9. The highest BCUT2D eigenvalue weighted by Crippen LogP contribution is 2.20. The highest BCUT2D eigenvalue weighted by molar-refractivity contribution is 5.92. The van der Waals surface area contributed by atoms with E-state index in [0.717, 1.165) is 5.69 Å². The minimum atomic E-state index is -0.0906. The van der Waals surface area contributed by atoms with E-state index in [4.69, 9.17) is 5.26 Å². The second kappa shape index (κ2) is 7.62. The largest absolute Gasteiger partial charge is 0.341 e. The molecular weight excluding hydrogens is 318 g/mol. The molecule has 7 heteroatoms. The van der Waals surface area contributed by atoms with Crippen LogP contribution in [0, 0.1) is 17.2 Å². The molecule has 1 saturated heterocycles. The van der Waals surface area contributed by atoms with Crippen LogP contribution in [0.25, 0.3) is 0 Å². The molecule has 0 bridgehead atoms. The average Bonchev–Trinajstić information content (AvgIpc) is 3.09. The topological polar surface area (TPSA) is 91.0 Å². The second-order valence-corrected chi connectivity index (χ2v) is 6.00. The fourth-order valence-corrected chi connectivity index (χ4v) is 2.95. The normalized spacial score (nSPS) is 14.8. The van der Waals surface area contributed by atoms with E-state index >= 15 is 0 Å². The standard InChI is InChI=1S/C18H19N5O2/c19-12-16-20-8-11-23(16)13-17(24)22-9-6-14(7-10-22)18(25)21-15-4-2-1-3-5-15/h1-5,8,11,14H,6-7,9-10,13H2,(H,21,25). The van der Waals surface area contributed by atoms with Gasteiger partial charge in [-0.3, -0.25) is 9.59 Å². The van der Waals surface area contributed by atoms with Crippen molar-refractivity contribution in [1.29, 1.82) is 5.26 Å². The number of imidazole rings is 1. The summed E-state index contributed by atoms with van der Waals surface area (Å²) in [5.74, 6) is 0.0775. The maximum absolute atomic E-state index is 12.4. The molecule has 0 radical (unpaired) electrons. The second-order valence-electron chi connectivity index (χ2n) is 6.00. The molecule has 2 amide bonds. The summed E-state index contributed by atoms with van der Waals surface area (Å²) in [4.78, 5) is 30.3. The lowest BCUT2D eigenvalue weighted by Gasteiger charge is -2.31. The molecule has 0 unspecified atom stereocenters. The minimum absolute atomic E-state index is 0.000301.